The molecule has 0 aromatic carbocycles. The molecule has 0 saturated carbocycles. The molecule has 0 unspecified atom stereocenters. The zero-order valence-electron chi connectivity index (χ0n) is 12.5. The minimum Gasteiger partial charge on any atom is -0.352 e. The summed E-state index contributed by atoms with van der Waals surface area (Å²) in [6.45, 7) is 3.54. The summed E-state index contributed by atoms with van der Waals surface area (Å²) in [6.07, 6.45) is 8.79. The largest absolute Gasteiger partial charge is 0.352 e. The van der Waals surface area contributed by atoms with Gasteiger partial charge in [-0.15, -0.1) is 10.2 Å². The molecule has 1 aliphatic heterocycles. The van der Waals surface area contributed by atoms with Crippen LogP contribution in [0.25, 0.3) is 5.82 Å². The van der Waals surface area contributed by atoms with Crippen LogP contribution in [0.3, 0.4) is 0 Å². The van der Waals surface area contributed by atoms with Crippen molar-refractivity contribution < 1.29 is 0 Å². The fourth-order valence-corrected chi connectivity index (χ4v) is 2.63. The Morgan fingerprint density at radius 2 is 1.52 bits per heavy atom. The summed E-state index contributed by atoms with van der Waals surface area (Å²) in [7, 11) is 0. The molecule has 8 heteroatoms. The van der Waals surface area contributed by atoms with Crippen LogP contribution in [0.1, 0.15) is 0 Å². The Balaban J connectivity index is 1.42. The molecule has 3 aromatic heterocycles. The zero-order chi connectivity index (χ0) is 15.5. The van der Waals surface area contributed by atoms with E-state index in [1.807, 2.05) is 24.4 Å². The first-order valence-corrected chi connectivity index (χ1v) is 7.50. The highest BCUT2D eigenvalue weighted by Gasteiger charge is 2.19. The molecular formula is C15H16N8. The van der Waals surface area contributed by atoms with Crippen molar-refractivity contribution in [1.29, 1.82) is 0 Å². The number of hydrogen-bond acceptors (Lipinski definition) is 7. The topological polar surface area (TPSA) is 75.9 Å². The normalized spacial score (nSPS) is 15.0. The summed E-state index contributed by atoms with van der Waals surface area (Å²) in [5, 5.41) is 12.7. The molecule has 1 saturated heterocycles. The SMILES string of the molecule is c1cnn(-c2ccc(N3CCN(c4cnccn4)CC3)nn2)c1. The summed E-state index contributed by atoms with van der Waals surface area (Å²) in [5.41, 5.74) is 0. The summed E-state index contributed by atoms with van der Waals surface area (Å²) in [5.74, 6) is 2.53. The predicted molar refractivity (Wildman–Crippen MR) is 85.6 cm³/mol. The molecule has 8 nitrogen and oxygen atoms in total. The number of anilines is 2. The summed E-state index contributed by atoms with van der Waals surface area (Å²) in [4.78, 5) is 12.9. The first kappa shape index (κ1) is 13.6. The fourth-order valence-electron chi connectivity index (χ4n) is 2.63. The van der Waals surface area contributed by atoms with E-state index in [9.17, 15) is 0 Å². The lowest BCUT2D eigenvalue weighted by Gasteiger charge is -2.35. The maximum absolute atomic E-state index is 4.35. The van der Waals surface area contributed by atoms with Crippen molar-refractivity contribution in [3.8, 4) is 5.82 Å². The van der Waals surface area contributed by atoms with Gasteiger partial charge in [0.05, 0.1) is 6.20 Å². The number of rotatable bonds is 3. The van der Waals surface area contributed by atoms with Crippen molar-refractivity contribution >= 4 is 11.6 Å². The van der Waals surface area contributed by atoms with Crippen molar-refractivity contribution in [2.75, 3.05) is 36.0 Å². The average molecular weight is 308 g/mol. The van der Waals surface area contributed by atoms with Gasteiger partial charge in [-0.05, 0) is 18.2 Å². The van der Waals surface area contributed by atoms with Gasteiger partial charge in [0, 0.05) is 51.0 Å². The molecular weight excluding hydrogens is 292 g/mol. The lowest BCUT2D eigenvalue weighted by atomic mass is 10.3. The highest BCUT2D eigenvalue weighted by atomic mass is 15.4. The second kappa shape index (κ2) is 5.99. The molecule has 0 spiro atoms. The number of nitrogens with zero attached hydrogens (tertiary/aromatic N) is 8. The van der Waals surface area contributed by atoms with Gasteiger partial charge in [0.2, 0.25) is 0 Å². The molecule has 3 aromatic rings. The van der Waals surface area contributed by atoms with Crippen molar-refractivity contribution in [3.05, 3.63) is 49.2 Å². The van der Waals surface area contributed by atoms with Gasteiger partial charge < -0.3 is 9.80 Å². The van der Waals surface area contributed by atoms with E-state index in [0.29, 0.717) is 0 Å². The number of aromatic nitrogens is 6. The van der Waals surface area contributed by atoms with E-state index in [2.05, 4.69) is 35.1 Å². The van der Waals surface area contributed by atoms with Gasteiger partial charge in [0.1, 0.15) is 5.82 Å². The van der Waals surface area contributed by atoms with Crippen LogP contribution in [0.5, 0.6) is 0 Å². The zero-order valence-corrected chi connectivity index (χ0v) is 12.5. The molecule has 1 aliphatic rings. The molecule has 4 heterocycles. The van der Waals surface area contributed by atoms with Gasteiger partial charge in [-0.2, -0.15) is 5.10 Å². The third-order valence-corrected chi connectivity index (χ3v) is 3.85. The Bertz CT molecular complexity index is 733. The number of piperazine rings is 1. The van der Waals surface area contributed by atoms with Crippen molar-refractivity contribution in [2.45, 2.75) is 0 Å². The van der Waals surface area contributed by atoms with Crippen LogP contribution in [-0.4, -0.2) is 56.1 Å². The Hall–Kier alpha value is -3.03. The van der Waals surface area contributed by atoms with Crippen LogP contribution in [0.2, 0.25) is 0 Å². The fraction of sp³-hybridized carbons (Fsp3) is 0.267. The Kier molecular flexibility index (Phi) is 3.55. The van der Waals surface area contributed by atoms with Crippen LogP contribution >= 0.6 is 0 Å². The van der Waals surface area contributed by atoms with E-state index < -0.39 is 0 Å². The first-order chi connectivity index (χ1) is 11.4. The molecule has 0 N–H and O–H groups in total. The second-order valence-corrected chi connectivity index (χ2v) is 5.24. The van der Waals surface area contributed by atoms with Gasteiger partial charge >= 0.3 is 0 Å². The maximum atomic E-state index is 4.35. The van der Waals surface area contributed by atoms with Gasteiger partial charge in [-0.3, -0.25) is 4.98 Å². The number of hydrogen-bond donors (Lipinski definition) is 0. The molecule has 23 heavy (non-hydrogen) atoms. The van der Waals surface area contributed by atoms with E-state index in [1.165, 1.54) is 0 Å². The van der Waals surface area contributed by atoms with Crippen molar-refractivity contribution in [2.24, 2.45) is 0 Å². The van der Waals surface area contributed by atoms with Gasteiger partial charge in [0.25, 0.3) is 0 Å². The van der Waals surface area contributed by atoms with Gasteiger partial charge in [0.15, 0.2) is 11.6 Å². The molecule has 116 valence electrons. The van der Waals surface area contributed by atoms with E-state index in [0.717, 1.165) is 43.6 Å². The minimum absolute atomic E-state index is 0.719. The second-order valence-electron chi connectivity index (χ2n) is 5.24. The van der Waals surface area contributed by atoms with Crippen molar-refractivity contribution in [1.82, 2.24) is 29.9 Å². The summed E-state index contributed by atoms with van der Waals surface area (Å²) in [6, 6.07) is 5.79. The van der Waals surface area contributed by atoms with Crippen molar-refractivity contribution in [3.63, 3.8) is 0 Å². The van der Waals surface area contributed by atoms with Crippen LogP contribution < -0.4 is 9.80 Å². The molecule has 0 bridgehead atoms. The predicted octanol–water partition coefficient (Wildman–Crippen LogP) is 0.779. The van der Waals surface area contributed by atoms with E-state index in [1.54, 1.807) is 29.5 Å². The van der Waals surface area contributed by atoms with E-state index >= 15 is 0 Å². The quantitative estimate of drug-likeness (QED) is 0.707. The Morgan fingerprint density at radius 1 is 0.783 bits per heavy atom. The van der Waals surface area contributed by atoms with E-state index in [4.69, 9.17) is 0 Å². The Morgan fingerprint density at radius 3 is 2.13 bits per heavy atom. The van der Waals surface area contributed by atoms with Gasteiger partial charge in [-0.1, -0.05) is 0 Å². The minimum atomic E-state index is 0.719. The molecule has 0 atom stereocenters. The first-order valence-electron chi connectivity index (χ1n) is 7.50. The van der Waals surface area contributed by atoms with Gasteiger partial charge in [-0.25, -0.2) is 9.67 Å². The highest BCUT2D eigenvalue weighted by molar-refractivity contribution is 5.44. The average Bonchev–Trinajstić information content (AvgIpc) is 3.18. The van der Waals surface area contributed by atoms with Crippen LogP contribution in [0, 0.1) is 0 Å². The Labute approximate surface area is 133 Å². The lowest BCUT2D eigenvalue weighted by molar-refractivity contribution is 0.636. The monoisotopic (exact) mass is 308 g/mol. The molecule has 1 fully saturated rings. The van der Waals surface area contributed by atoms with Crippen LogP contribution in [0.4, 0.5) is 11.6 Å². The smallest absolute Gasteiger partial charge is 0.175 e. The molecule has 0 amide bonds. The maximum Gasteiger partial charge on any atom is 0.175 e. The van der Waals surface area contributed by atoms with Crippen LogP contribution in [-0.2, 0) is 0 Å². The van der Waals surface area contributed by atoms with Crippen LogP contribution in [0.15, 0.2) is 49.2 Å². The summed E-state index contributed by atoms with van der Waals surface area (Å²) < 4.78 is 1.70. The molecule has 0 radical (unpaired) electrons. The third-order valence-electron chi connectivity index (χ3n) is 3.85. The van der Waals surface area contributed by atoms with E-state index in [-0.39, 0.29) is 0 Å². The molecule has 4 rings (SSSR count). The standard InChI is InChI=1S/C15H16N8/c1-4-18-23(7-1)14-3-2-13(19-20-14)21-8-10-22(11-9-21)15-12-16-5-6-17-15/h1-7,12H,8-11H2. The summed E-state index contributed by atoms with van der Waals surface area (Å²) >= 11 is 0. The highest BCUT2D eigenvalue weighted by Crippen LogP contribution is 2.16. The molecule has 0 aliphatic carbocycles. The lowest BCUT2D eigenvalue weighted by Crippen LogP contribution is -2.47. The third kappa shape index (κ3) is 2.83.